The lowest BCUT2D eigenvalue weighted by Gasteiger charge is -2.39. The summed E-state index contributed by atoms with van der Waals surface area (Å²) in [6.45, 7) is 4.71. The maximum atomic E-state index is 11.4. The molecule has 112 valence electrons. The summed E-state index contributed by atoms with van der Waals surface area (Å²) in [6, 6.07) is 5.57. The highest BCUT2D eigenvalue weighted by Gasteiger charge is 2.34. The van der Waals surface area contributed by atoms with E-state index in [0.717, 1.165) is 26.1 Å². The summed E-state index contributed by atoms with van der Waals surface area (Å²) >= 11 is 0. The predicted molar refractivity (Wildman–Crippen MR) is 80.9 cm³/mol. The summed E-state index contributed by atoms with van der Waals surface area (Å²) in [6.07, 6.45) is 3.19. The minimum atomic E-state index is -0.0993. The number of benzene rings is 1. The first-order chi connectivity index (χ1) is 10.1. The Kier molecular flexibility index (Phi) is 3.72. The number of methoxy groups -OCH3 is 1. The summed E-state index contributed by atoms with van der Waals surface area (Å²) in [4.78, 5) is 13.7. The minimum Gasteiger partial charge on any atom is -0.508 e. The van der Waals surface area contributed by atoms with Gasteiger partial charge in [0.1, 0.15) is 5.75 Å². The smallest absolute Gasteiger partial charge is 0.311 e. The zero-order valence-corrected chi connectivity index (χ0v) is 12.5. The van der Waals surface area contributed by atoms with Crippen molar-refractivity contribution in [2.45, 2.75) is 13.3 Å². The topological polar surface area (TPSA) is 49.8 Å². The molecule has 4 heteroatoms. The van der Waals surface area contributed by atoms with Crippen molar-refractivity contribution in [2.24, 2.45) is 11.8 Å². The van der Waals surface area contributed by atoms with Crippen LogP contribution in [0.2, 0.25) is 0 Å². The predicted octanol–water partition coefficient (Wildman–Crippen LogP) is 2.07. The normalized spacial score (nSPS) is 22.2. The number of hydrogen-bond acceptors (Lipinski definition) is 4. The first-order valence-electron chi connectivity index (χ1n) is 7.39. The molecule has 0 bridgehead atoms. The molecule has 0 amide bonds. The fraction of sp³-hybridized carbons (Fsp3) is 0.471. The highest BCUT2D eigenvalue weighted by Crippen LogP contribution is 2.32. The highest BCUT2D eigenvalue weighted by molar-refractivity contribution is 5.74. The maximum absolute atomic E-state index is 11.4. The molecule has 1 heterocycles. The molecule has 4 nitrogen and oxygen atoms in total. The standard InChI is InChI=1S/C17H21NO3/c1-11-5-13-7-16(19)4-3-12(13)6-14(11)8-18-9-15(10-18)17(20)21-2/h3-4,6-7,11,15,19H,5,8-10H2,1-2H3. The zero-order chi connectivity index (χ0) is 15.0. The van der Waals surface area contributed by atoms with E-state index >= 15 is 0 Å². The van der Waals surface area contributed by atoms with Crippen LogP contribution in [0.4, 0.5) is 0 Å². The third-order valence-electron chi connectivity index (χ3n) is 4.52. The van der Waals surface area contributed by atoms with E-state index < -0.39 is 0 Å². The van der Waals surface area contributed by atoms with Gasteiger partial charge >= 0.3 is 5.97 Å². The average molecular weight is 287 g/mol. The summed E-state index contributed by atoms with van der Waals surface area (Å²) in [5, 5.41) is 9.56. The lowest BCUT2D eigenvalue weighted by atomic mass is 9.83. The molecule has 0 spiro atoms. The van der Waals surface area contributed by atoms with Crippen molar-refractivity contribution >= 4 is 12.0 Å². The van der Waals surface area contributed by atoms with E-state index in [1.807, 2.05) is 12.1 Å². The largest absolute Gasteiger partial charge is 0.508 e. The summed E-state index contributed by atoms with van der Waals surface area (Å²) in [7, 11) is 1.45. The number of phenolic OH excluding ortho intramolecular Hbond substituents is 1. The second-order valence-electron chi connectivity index (χ2n) is 6.12. The summed E-state index contributed by atoms with van der Waals surface area (Å²) < 4.78 is 4.77. The van der Waals surface area contributed by atoms with Gasteiger partial charge in [-0.3, -0.25) is 9.69 Å². The fourth-order valence-corrected chi connectivity index (χ4v) is 3.19. The van der Waals surface area contributed by atoms with Gasteiger partial charge in [-0.05, 0) is 35.6 Å². The molecule has 1 atom stereocenters. The average Bonchev–Trinajstić information content (AvgIpc) is 2.42. The van der Waals surface area contributed by atoms with Crippen LogP contribution < -0.4 is 0 Å². The third kappa shape index (κ3) is 2.81. The lowest BCUT2D eigenvalue weighted by molar-refractivity contribution is -0.151. The van der Waals surface area contributed by atoms with Crippen LogP contribution in [0.15, 0.2) is 23.8 Å². The van der Waals surface area contributed by atoms with Gasteiger partial charge in [0.25, 0.3) is 0 Å². The molecule has 1 aliphatic heterocycles. The summed E-state index contributed by atoms with van der Waals surface area (Å²) in [5.41, 5.74) is 3.81. The molecule has 0 radical (unpaired) electrons. The van der Waals surface area contributed by atoms with Crippen LogP contribution in [-0.4, -0.2) is 42.7 Å². The van der Waals surface area contributed by atoms with Crippen LogP contribution >= 0.6 is 0 Å². The van der Waals surface area contributed by atoms with Crippen molar-refractivity contribution in [2.75, 3.05) is 26.7 Å². The molecule has 1 fully saturated rings. The number of nitrogens with zero attached hydrogens (tertiary/aromatic N) is 1. The quantitative estimate of drug-likeness (QED) is 0.865. The van der Waals surface area contributed by atoms with Gasteiger partial charge in [0, 0.05) is 19.6 Å². The number of aromatic hydroxyl groups is 1. The molecular formula is C17H21NO3. The number of fused-ring (bicyclic) bond motifs is 1. The second-order valence-corrected chi connectivity index (χ2v) is 6.12. The minimum absolute atomic E-state index is 0.0405. The van der Waals surface area contributed by atoms with Gasteiger partial charge in [-0.15, -0.1) is 0 Å². The molecule has 1 N–H and O–H groups in total. The van der Waals surface area contributed by atoms with Crippen molar-refractivity contribution in [3.05, 3.63) is 34.9 Å². The molecule has 1 saturated heterocycles. The Morgan fingerprint density at radius 2 is 2.19 bits per heavy atom. The van der Waals surface area contributed by atoms with Gasteiger partial charge in [-0.2, -0.15) is 0 Å². The monoisotopic (exact) mass is 287 g/mol. The van der Waals surface area contributed by atoms with Crippen LogP contribution in [0.25, 0.3) is 6.08 Å². The van der Waals surface area contributed by atoms with Crippen molar-refractivity contribution in [1.82, 2.24) is 4.90 Å². The number of rotatable bonds is 3. The van der Waals surface area contributed by atoms with Crippen LogP contribution in [0.5, 0.6) is 5.75 Å². The Balaban J connectivity index is 1.66. The second kappa shape index (κ2) is 5.53. The van der Waals surface area contributed by atoms with Crippen molar-refractivity contribution in [3.8, 4) is 5.75 Å². The third-order valence-corrected chi connectivity index (χ3v) is 4.52. The fourth-order valence-electron chi connectivity index (χ4n) is 3.19. The Hall–Kier alpha value is -1.81. The molecule has 1 aromatic rings. The molecule has 1 aromatic carbocycles. The van der Waals surface area contributed by atoms with E-state index in [0.29, 0.717) is 11.7 Å². The maximum Gasteiger partial charge on any atom is 0.311 e. The number of carbonyl (C=O) groups is 1. The van der Waals surface area contributed by atoms with E-state index in [4.69, 9.17) is 4.74 Å². The van der Waals surface area contributed by atoms with Crippen LogP contribution in [0.1, 0.15) is 18.1 Å². The Morgan fingerprint density at radius 3 is 2.90 bits per heavy atom. The molecule has 0 saturated carbocycles. The van der Waals surface area contributed by atoms with E-state index in [9.17, 15) is 9.90 Å². The lowest BCUT2D eigenvalue weighted by Crippen LogP contribution is -2.51. The highest BCUT2D eigenvalue weighted by atomic mass is 16.5. The van der Waals surface area contributed by atoms with Crippen LogP contribution in [0, 0.1) is 11.8 Å². The number of esters is 1. The van der Waals surface area contributed by atoms with Gasteiger partial charge < -0.3 is 9.84 Å². The molecule has 0 aromatic heterocycles. The van der Waals surface area contributed by atoms with Gasteiger partial charge in [0.2, 0.25) is 0 Å². The molecule has 1 unspecified atom stereocenters. The van der Waals surface area contributed by atoms with Gasteiger partial charge in [-0.25, -0.2) is 0 Å². The van der Waals surface area contributed by atoms with Crippen molar-refractivity contribution < 1.29 is 14.6 Å². The van der Waals surface area contributed by atoms with E-state index in [2.05, 4.69) is 17.9 Å². The number of carbonyl (C=O) groups excluding carboxylic acids is 1. The number of hydrogen-bond donors (Lipinski definition) is 1. The first-order valence-corrected chi connectivity index (χ1v) is 7.39. The number of ether oxygens (including phenoxy) is 1. The zero-order valence-electron chi connectivity index (χ0n) is 12.5. The SMILES string of the molecule is COC(=O)C1CN(CC2=Cc3ccc(O)cc3CC2C)C1. The molecular weight excluding hydrogens is 266 g/mol. The first kappa shape index (κ1) is 14.1. The Labute approximate surface area is 125 Å². The van der Waals surface area contributed by atoms with Crippen LogP contribution in [-0.2, 0) is 16.0 Å². The Bertz CT molecular complexity index is 588. The van der Waals surface area contributed by atoms with E-state index in [1.165, 1.54) is 23.8 Å². The molecule has 3 rings (SSSR count). The van der Waals surface area contributed by atoms with Crippen LogP contribution in [0.3, 0.4) is 0 Å². The molecule has 21 heavy (non-hydrogen) atoms. The van der Waals surface area contributed by atoms with E-state index in [1.54, 1.807) is 6.07 Å². The molecule has 1 aliphatic carbocycles. The van der Waals surface area contributed by atoms with Crippen molar-refractivity contribution in [1.29, 1.82) is 0 Å². The van der Waals surface area contributed by atoms with E-state index in [-0.39, 0.29) is 11.9 Å². The van der Waals surface area contributed by atoms with Gasteiger partial charge in [-0.1, -0.05) is 24.6 Å². The van der Waals surface area contributed by atoms with Gasteiger partial charge in [0.05, 0.1) is 13.0 Å². The summed E-state index contributed by atoms with van der Waals surface area (Å²) in [5.74, 6) is 0.745. The van der Waals surface area contributed by atoms with Gasteiger partial charge in [0.15, 0.2) is 0 Å². The number of phenols is 1. The van der Waals surface area contributed by atoms with Crippen molar-refractivity contribution in [3.63, 3.8) is 0 Å². The number of likely N-dealkylation sites (tertiary alicyclic amines) is 1. The Morgan fingerprint density at radius 1 is 1.43 bits per heavy atom. The molecule has 2 aliphatic rings.